The maximum absolute atomic E-state index is 12.5. The Bertz CT molecular complexity index is 1040. The molecular weight excluding hydrogens is 401 g/mol. The van der Waals surface area contributed by atoms with Gasteiger partial charge in [-0.05, 0) is 30.3 Å². The van der Waals surface area contributed by atoms with Crippen molar-refractivity contribution < 1.29 is 17.7 Å². The molecule has 0 atom stereocenters. The number of rotatable bonds is 6. The summed E-state index contributed by atoms with van der Waals surface area (Å²) >= 11 is 11.8. The number of halogens is 2. The van der Waals surface area contributed by atoms with E-state index in [0.29, 0.717) is 16.4 Å². The van der Waals surface area contributed by atoms with Crippen LogP contribution in [0.2, 0.25) is 10.0 Å². The zero-order valence-corrected chi connectivity index (χ0v) is 15.8. The fraction of sp³-hybridized carbons (Fsp3) is 0.125. The molecule has 10 heteroatoms. The van der Waals surface area contributed by atoms with Crippen LogP contribution in [0, 0.1) is 0 Å². The van der Waals surface area contributed by atoms with Crippen LogP contribution in [-0.2, 0) is 16.6 Å². The molecule has 7 nitrogen and oxygen atoms in total. The first-order valence-corrected chi connectivity index (χ1v) is 9.55. The number of benzene rings is 2. The minimum Gasteiger partial charge on any atom is -0.495 e. The highest BCUT2D eigenvalue weighted by Gasteiger charge is 2.21. The number of nitrogens with one attached hydrogen (secondary N) is 1. The fourth-order valence-electron chi connectivity index (χ4n) is 2.17. The molecule has 0 unspecified atom stereocenters. The molecular formula is C16H13Cl2N3O4S. The van der Waals surface area contributed by atoms with Crippen molar-refractivity contribution in [1.29, 1.82) is 0 Å². The molecule has 0 aliphatic carbocycles. The van der Waals surface area contributed by atoms with Crippen molar-refractivity contribution in [2.24, 2.45) is 0 Å². The lowest BCUT2D eigenvalue weighted by molar-refractivity contribution is 0.375. The molecule has 0 spiro atoms. The zero-order valence-electron chi connectivity index (χ0n) is 13.4. The summed E-state index contributed by atoms with van der Waals surface area (Å²) in [6, 6.07) is 11.2. The van der Waals surface area contributed by atoms with E-state index in [0.717, 1.165) is 0 Å². The van der Waals surface area contributed by atoms with Gasteiger partial charge in [0.15, 0.2) is 0 Å². The predicted molar refractivity (Wildman–Crippen MR) is 96.8 cm³/mol. The number of methoxy groups -OCH3 is 1. The summed E-state index contributed by atoms with van der Waals surface area (Å²) in [6.45, 7) is -0.189. The van der Waals surface area contributed by atoms with Crippen molar-refractivity contribution in [3.05, 3.63) is 58.4 Å². The lowest BCUT2D eigenvalue weighted by atomic mass is 10.2. The summed E-state index contributed by atoms with van der Waals surface area (Å²) in [4.78, 5) is 4.08. The summed E-state index contributed by atoms with van der Waals surface area (Å²) in [5, 5.41) is 4.62. The summed E-state index contributed by atoms with van der Waals surface area (Å²) in [5.41, 5.74) is 0.659. The van der Waals surface area contributed by atoms with Crippen LogP contribution in [0.3, 0.4) is 0 Å². The average molecular weight is 414 g/mol. The van der Waals surface area contributed by atoms with Crippen molar-refractivity contribution in [3.63, 3.8) is 0 Å². The highest BCUT2D eigenvalue weighted by atomic mass is 35.5. The van der Waals surface area contributed by atoms with Gasteiger partial charge in [-0.1, -0.05) is 40.5 Å². The van der Waals surface area contributed by atoms with Crippen LogP contribution in [0.15, 0.2) is 51.9 Å². The van der Waals surface area contributed by atoms with Gasteiger partial charge in [-0.2, -0.15) is 4.98 Å². The van der Waals surface area contributed by atoms with Gasteiger partial charge in [-0.25, -0.2) is 13.1 Å². The van der Waals surface area contributed by atoms with Gasteiger partial charge in [0.1, 0.15) is 10.6 Å². The first kappa shape index (κ1) is 18.7. The lowest BCUT2D eigenvalue weighted by Gasteiger charge is -2.09. The Morgan fingerprint density at radius 2 is 1.92 bits per heavy atom. The number of sulfonamides is 1. The van der Waals surface area contributed by atoms with Crippen LogP contribution in [0.25, 0.3) is 11.4 Å². The van der Waals surface area contributed by atoms with Crippen molar-refractivity contribution in [1.82, 2.24) is 14.9 Å². The van der Waals surface area contributed by atoms with Gasteiger partial charge in [-0.15, -0.1) is 0 Å². The zero-order chi connectivity index (χ0) is 18.7. The minimum absolute atomic E-state index is 0.0814. The van der Waals surface area contributed by atoms with Gasteiger partial charge in [-0.3, -0.25) is 0 Å². The molecule has 2 aromatic carbocycles. The van der Waals surface area contributed by atoms with Crippen LogP contribution in [0.5, 0.6) is 5.75 Å². The molecule has 136 valence electrons. The third kappa shape index (κ3) is 4.16. The number of aromatic nitrogens is 2. The molecule has 0 saturated heterocycles. The molecule has 0 bridgehead atoms. The SMILES string of the molecule is COc1ccc(Cl)cc1S(=O)(=O)NCc1nc(-c2cccc(Cl)c2)no1. The third-order valence-electron chi connectivity index (χ3n) is 3.38. The summed E-state index contributed by atoms with van der Waals surface area (Å²) in [5.74, 6) is 0.582. The molecule has 0 saturated carbocycles. The van der Waals surface area contributed by atoms with E-state index in [4.69, 9.17) is 32.5 Å². The van der Waals surface area contributed by atoms with E-state index in [1.165, 1.54) is 25.3 Å². The summed E-state index contributed by atoms with van der Waals surface area (Å²) in [6.07, 6.45) is 0. The smallest absolute Gasteiger partial charge is 0.244 e. The van der Waals surface area contributed by atoms with Crippen LogP contribution < -0.4 is 9.46 Å². The van der Waals surface area contributed by atoms with Gasteiger partial charge >= 0.3 is 0 Å². The minimum atomic E-state index is -3.89. The Balaban J connectivity index is 1.78. The van der Waals surface area contributed by atoms with E-state index >= 15 is 0 Å². The van der Waals surface area contributed by atoms with Crippen LogP contribution >= 0.6 is 23.2 Å². The Kier molecular flexibility index (Phi) is 5.47. The first-order chi connectivity index (χ1) is 12.4. The van der Waals surface area contributed by atoms with Crippen molar-refractivity contribution in [3.8, 4) is 17.1 Å². The maximum Gasteiger partial charge on any atom is 0.244 e. The van der Waals surface area contributed by atoms with Crippen molar-refractivity contribution in [2.45, 2.75) is 11.4 Å². The highest BCUT2D eigenvalue weighted by Crippen LogP contribution is 2.27. The Labute approximate surface area is 159 Å². The van der Waals surface area contributed by atoms with E-state index in [2.05, 4.69) is 14.9 Å². The summed E-state index contributed by atoms with van der Waals surface area (Å²) in [7, 11) is -2.52. The van der Waals surface area contributed by atoms with E-state index in [9.17, 15) is 8.42 Å². The molecule has 3 aromatic rings. The molecule has 0 radical (unpaired) electrons. The molecule has 1 N–H and O–H groups in total. The van der Waals surface area contributed by atoms with Crippen LogP contribution in [0.4, 0.5) is 0 Å². The number of ether oxygens (including phenoxy) is 1. The van der Waals surface area contributed by atoms with E-state index < -0.39 is 10.0 Å². The molecule has 0 fully saturated rings. The second-order valence-electron chi connectivity index (χ2n) is 5.14. The Morgan fingerprint density at radius 3 is 2.65 bits per heavy atom. The fourth-order valence-corrected chi connectivity index (χ4v) is 3.76. The normalized spacial score (nSPS) is 11.5. The van der Waals surface area contributed by atoms with Crippen LogP contribution in [0.1, 0.15) is 5.89 Å². The quantitative estimate of drug-likeness (QED) is 0.663. The van der Waals surface area contributed by atoms with Crippen LogP contribution in [-0.4, -0.2) is 25.7 Å². The maximum atomic E-state index is 12.5. The lowest BCUT2D eigenvalue weighted by Crippen LogP contribution is -2.24. The van der Waals surface area contributed by atoms with Gasteiger partial charge in [0.05, 0.1) is 13.7 Å². The number of hydrogen-bond donors (Lipinski definition) is 1. The van der Waals surface area contributed by atoms with E-state index in [1.54, 1.807) is 24.3 Å². The molecule has 1 heterocycles. The van der Waals surface area contributed by atoms with E-state index in [1.807, 2.05) is 0 Å². The molecule has 1 aromatic heterocycles. The topological polar surface area (TPSA) is 94.3 Å². The van der Waals surface area contributed by atoms with Gasteiger partial charge in [0.2, 0.25) is 21.7 Å². The highest BCUT2D eigenvalue weighted by molar-refractivity contribution is 7.89. The predicted octanol–water partition coefficient (Wildman–Crippen LogP) is 3.53. The standard InChI is InChI=1S/C16H13Cl2N3O4S/c1-24-13-6-5-12(18)8-14(13)26(22,23)19-9-15-20-16(21-25-15)10-3-2-4-11(17)7-10/h2-8,19H,9H2,1H3. The van der Waals surface area contributed by atoms with Gasteiger partial charge in [0.25, 0.3) is 0 Å². The van der Waals surface area contributed by atoms with Crippen molar-refractivity contribution in [2.75, 3.05) is 7.11 Å². The van der Waals surface area contributed by atoms with Crippen molar-refractivity contribution >= 4 is 33.2 Å². The number of hydrogen-bond acceptors (Lipinski definition) is 6. The van der Waals surface area contributed by atoms with Gasteiger partial charge < -0.3 is 9.26 Å². The second kappa shape index (κ2) is 7.63. The average Bonchev–Trinajstić information content (AvgIpc) is 3.09. The first-order valence-electron chi connectivity index (χ1n) is 7.31. The molecule has 3 rings (SSSR count). The van der Waals surface area contributed by atoms with E-state index in [-0.39, 0.29) is 28.1 Å². The molecule has 26 heavy (non-hydrogen) atoms. The molecule has 0 aliphatic heterocycles. The monoisotopic (exact) mass is 413 g/mol. The molecule has 0 amide bonds. The largest absolute Gasteiger partial charge is 0.495 e. The third-order valence-corrected chi connectivity index (χ3v) is 5.27. The second-order valence-corrected chi connectivity index (χ2v) is 7.75. The Hall–Kier alpha value is -2.13. The molecule has 0 aliphatic rings. The van der Waals surface area contributed by atoms with Gasteiger partial charge in [0, 0.05) is 15.6 Å². The Morgan fingerprint density at radius 1 is 1.15 bits per heavy atom. The summed E-state index contributed by atoms with van der Waals surface area (Å²) < 4.78 is 37.5. The number of nitrogens with zero attached hydrogens (tertiary/aromatic N) is 2.